The molecule has 0 radical (unpaired) electrons. The van der Waals surface area contributed by atoms with Crippen LogP contribution in [0.5, 0.6) is 0 Å². The molecule has 0 aliphatic rings. The van der Waals surface area contributed by atoms with Gasteiger partial charge in [-0.15, -0.1) is 6.58 Å². The van der Waals surface area contributed by atoms with Crippen LogP contribution in [0, 0.1) is 0 Å². The molecule has 0 rings (SSSR count). The van der Waals surface area contributed by atoms with Crippen molar-refractivity contribution in [2.75, 3.05) is 0 Å². The van der Waals surface area contributed by atoms with E-state index in [1.165, 1.54) is 0 Å². The molecule has 0 N–H and O–H groups in total. The van der Waals surface area contributed by atoms with Crippen molar-refractivity contribution in [2.24, 2.45) is 0 Å². The number of hydrogen-bond acceptors (Lipinski definition) is 4. The number of hydrogen-bond donors (Lipinski definition) is 0. The maximum absolute atomic E-state index is 6.65. The molecule has 0 amide bonds. The van der Waals surface area contributed by atoms with Gasteiger partial charge in [0.15, 0.2) is 34.0 Å². The van der Waals surface area contributed by atoms with Gasteiger partial charge in [0.25, 0.3) is 0 Å². The van der Waals surface area contributed by atoms with Crippen LogP contribution in [0.25, 0.3) is 0 Å². The molecular formula is C16H44O4Si6. The van der Waals surface area contributed by atoms with E-state index in [2.05, 4.69) is 85.1 Å². The second-order valence-electron chi connectivity index (χ2n) is 10.1. The third-order valence-corrected chi connectivity index (χ3v) is 24.9. The lowest BCUT2D eigenvalue weighted by atomic mass is 10.9. The average Bonchev–Trinajstić information content (AvgIpc) is 2.31. The zero-order valence-electron chi connectivity index (χ0n) is 19.4. The fourth-order valence-corrected chi connectivity index (χ4v) is 30.7. The van der Waals surface area contributed by atoms with E-state index in [0.29, 0.717) is 0 Å². The van der Waals surface area contributed by atoms with E-state index in [4.69, 9.17) is 16.5 Å². The predicted molar refractivity (Wildman–Crippen MR) is 130 cm³/mol. The summed E-state index contributed by atoms with van der Waals surface area (Å²) in [5, 5.41) is 0. The second kappa shape index (κ2) is 9.59. The van der Waals surface area contributed by atoms with E-state index < -0.39 is 51.1 Å². The highest BCUT2D eigenvalue weighted by molar-refractivity contribution is 6.90. The molecule has 0 aromatic carbocycles. The normalized spacial score (nSPS) is 14.8. The summed E-state index contributed by atoms with van der Waals surface area (Å²) in [4.78, 5) is 0. The lowest BCUT2D eigenvalue weighted by Crippen LogP contribution is -2.53. The third kappa shape index (κ3) is 12.4. The second-order valence-corrected chi connectivity index (χ2v) is 32.8. The van der Waals surface area contributed by atoms with E-state index >= 15 is 0 Å². The van der Waals surface area contributed by atoms with Crippen molar-refractivity contribution in [2.45, 2.75) is 90.7 Å². The van der Waals surface area contributed by atoms with Crippen molar-refractivity contribution in [1.82, 2.24) is 0 Å². The van der Waals surface area contributed by atoms with Crippen LogP contribution in [0.1, 0.15) is 0 Å². The highest BCUT2D eigenvalue weighted by Crippen LogP contribution is 2.29. The van der Waals surface area contributed by atoms with Crippen molar-refractivity contribution in [1.29, 1.82) is 0 Å². The Balaban J connectivity index is 4.82. The van der Waals surface area contributed by atoms with Gasteiger partial charge in [0.2, 0.25) is 0 Å². The van der Waals surface area contributed by atoms with Crippen LogP contribution in [0.3, 0.4) is 0 Å². The Morgan fingerprint density at radius 1 is 0.692 bits per heavy atom. The molecule has 0 fully saturated rings. The first-order valence-electron chi connectivity index (χ1n) is 9.72. The van der Waals surface area contributed by atoms with Gasteiger partial charge in [-0.25, -0.2) is 0 Å². The van der Waals surface area contributed by atoms with Crippen LogP contribution in [0.15, 0.2) is 12.3 Å². The molecule has 0 bridgehead atoms. The summed E-state index contributed by atoms with van der Waals surface area (Å²) in [6.07, 6.45) is 0. The van der Waals surface area contributed by atoms with Crippen LogP contribution >= 0.6 is 0 Å². The van der Waals surface area contributed by atoms with Crippen molar-refractivity contribution < 1.29 is 16.5 Å². The SMILES string of the molecule is C=C[Si](C)(C)O[Si](C)(C)O[Si](C)(C)CC[Si](C)(C)O[Si](C)(C)O[SiH](C)C. The maximum atomic E-state index is 6.65. The Labute approximate surface area is 170 Å². The lowest BCUT2D eigenvalue weighted by molar-refractivity contribution is 0.389. The zero-order chi connectivity index (χ0) is 21.0. The molecule has 0 aliphatic carbocycles. The molecule has 0 atom stereocenters. The molecule has 0 saturated carbocycles. The van der Waals surface area contributed by atoms with Gasteiger partial charge in [0.1, 0.15) is 0 Å². The van der Waals surface area contributed by atoms with Gasteiger partial charge in [-0.2, -0.15) is 0 Å². The van der Waals surface area contributed by atoms with Gasteiger partial charge < -0.3 is 16.5 Å². The average molecular weight is 469 g/mol. The molecule has 0 aromatic rings. The summed E-state index contributed by atoms with van der Waals surface area (Å²) in [5.74, 6) is 0. The van der Waals surface area contributed by atoms with E-state index in [9.17, 15) is 0 Å². The van der Waals surface area contributed by atoms with Crippen molar-refractivity contribution >= 4 is 51.1 Å². The lowest BCUT2D eigenvalue weighted by Gasteiger charge is -2.39. The first-order valence-corrected chi connectivity index (χ1v) is 27.4. The monoisotopic (exact) mass is 468 g/mol. The van der Waals surface area contributed by atoms with Gasteiger partial charge in [-0.05, 0) is 90.7 Å². The van der Waals surface area contributed by atoms with Gasteiger partial charge >= 0.3 is 17.1 Å². The standard InChI is InChI=1S/C16H44O4Si6/c1-14-22(4,5)18-26(12,13)20-24(8,9)16-15-23(6,7)19-25(10,11)17-21(2)3/h14,21H,1,15-16H2,2-13H3. The zero-order valence-corrected chi connectivity index (χ0v) is 25.6. The smallest absolute Gasteiger partial charge is 0.311 e. The molecule has 0 aliphatic heterocycles. The van der Waals surface area contributed by atoms with E-state index in [-0.39, 0.29) is 0 Å². The molecule has 26 heavy (non-hydrogen) atoms. The highest BCUT2D eigenvalue weighted by atomic mass is 28.5. The Bertz CT molecular complexity index is 464. The van der Waals surface area contributed by atoms with E-state index in [1.807, 2.05) is 5.70 Å². The maximum Gasteiger partial charge on any atom is 0.311 e. The molecule has 0 saturated heterocycles. The predicted octanol–water partition coefficient (Wildman–Crippen LogP) is 5.78. The van der Waals surface area contributed by atoms with E-state index in [1.54, 1.807) is 0 Å². The van der Waals surface area contributed by atoms with Crippen LogP contribution in [0.2, 0.25) is 90.7 Å². The van der Waals surface area contributed by atoms with Crippen molar-refractivity contribution in [3.8, 4) is 0 Å². The Morgan fingerprint density at radius 2 is 1.08 bits per heavy atom. The van der Waals surface area contributed by atoms with Gasteiger partial charge in [-0.3, -0.25) is 0 Å². The Kier molecular flexibility index (Phi) is 9.91. The largest absolute Gasteiger partial charge is 0.440 e. The fraction of sp³-hybridized carbons (Fsp3) is 0.875. The van der Waals surface area contributed by atoms with Crippen molar-refractivity contribution in [3.63, 3.8) is 0 Å². The Morgan fingerprint density at radius 3 is 1.42 bits per heavy atom. The summed E-state index contributed by atoms with van der Waals surface area (Å²) in [7, 11) is -10.6. The molecule has 156 valence electrons. The van der Waals surface area contributed by atoms with Crippen LogP contribution in [-0.2, 0) is 16.5 Å². The minimum absolute atomic E-state index is 1.06. The van der Waals surface area contributed by atoms with Crippen molar-refractivity contribution in [3.05, 3.63) is 12.3 Å². The topological polar surface area (TPSA) is 36.9 Å². The van der Waals surface area contributed by atoms with Crippen LogP contribution in [-0.4, -0.2) is 51.1 Å². The van der Waals surface area contributed by atoms with Gasteiger partial charge in [-0.1, -0.05) is 5.70 Å². The third-order valence-electron chi connectivity index (χ3n) is 3.89. The highest BCUT2D eigenvalue weighted by Gasteiger charge is 2.41. The molecule has 0 spiro atoms. The fourth-order valence-electron chi connectivity index (χ4n) is 3.32. The summed E-state index contributed by atoms with van der Waals surface area (Å²) in [5.41, 5.74) is 1.99. The summed E-state index contributed by atoms with van der Waals surface area (Å²) >= 11 is 0. The minimum atomic E-state index is -2.14. The molecule has 10 heteroatoms. The molecule has 4 nitrogen and oxygen atoms in total. The van der Waals surface area contributed by atoms with Crippen LogP contribution in [0.4, 0.5) is 0 Å². The molecular weight excluding hydrogens is 425 g/mol. The molecule has 0 heterocycles. The van der Waals surface area contributed by atoms with E-state index in [0.717, 1.165) is 12.1 Å². The Hall–Kier alpha value is 0.881. The van der Waals surface area contributed by atoms with Crippen LogP contribution < -0.4 is 0 Å². The first kappa shape index (κ1) is 26.9. The minimum Gasteiger partial charge on any atom is -0.440 e. The molecule has 0 unspecified atom stereocenters. The quantitative estimate of drug-likeness (QED) is 0.340. The summed E-state index contributed by atoms with van der Waals surface area (Å²) < 4.78 is 25.9. The van der Waals surface area contributed by atoms with Gasteiger partial charge in [0.05, 0.1) is 0 Å². The number of rotatable bonds is 12. The first-order chi connectivity index (χ1) is 11.3. The summed E-state index contributed by atoms with van der Waals surface area (Å²) in [6, 6.07) is 2.24. The summed E-state index contributed by atoms with van der Waals surface area (Å²) in [6.45, 7) is 30.8. The molecule has 0 aromatic heterocycles. The van der Waals surface area contributed by atoms with Gasteiger partial charge in [0, 0.05) is 0 Å².